The van der Waals surface area contributed by atoms with Crippen molar-refractivity contribution < 1.29 is 4.74 Å². The third kappa shape index (κ3) is 2.40. The molecule has 3 heterocycles. The summed E-state index contributed by atoms with van der Waals surface area (Å²) in [6, 6.07) is 12.1. The third-order valence-corrected chi connectivity index (χ3v) is 5.40. The van der Waals surface area contributed by atoms with Gasteiger partial charge in [0.05, 0.1) is 18.1 Å². The number of nitrogens with zero attached hydrogens (tertiary/aromatic N) is 2. The average Bonchev–Trinajstić information content (AvgIpc) is 3.00. The van der Waals surface area contributed by atoms with Crippen LogP contribution in [0.3, 0.4) is 0 Å². The molecule has 134 valence electrons. The van der Waals surface area contributed by atoms with E-state index in [0.717, 1.165) is 45.0 Å². The zero-order valence-electron chi connectivity index (χ0n) is 15.4. The van der Waals surface area contributed by atoms with E-state index in [2.05, 4.69) is 27.5 Å². The quantitative estimate of drug-likeness (QED) is 0.557. The molecule has 2 aromatic carbocycles. The van der Waals surface area contributed by atoms with Gasteiger partial charge in [0.25, 0.3) is 0 Å². The zero-order valence-corrected chi connectivity index (χ0v) is 15.4. The molecule has 0 N–H and O–H groups in total. The van der Waals surface area contributed by atoms with E-state index in [1.807, 2.05) is 49.8 Å². The molecule has 0 saturated carbocycles. The number of methoxy groups -OCH3 is 1. The lowest BCUT2D eigenvalue weighted by Crippen LogP contribution is -2.20. The second-order valence-electron chi connectivity index (χ2n) is 7.20. The van der Waals surface area contributed by atoms with Crippen LogP contribution in [0, 0.1) is 0 Å². The van der Waals surface area contributed by atoms with Crippen LogP contribution in [0.1, 0.15) is 5.56 Å². The highest BCUT2D eigenvalue weighted by Gasteiger charge is 2.17. The van der Waals surface area contributed by atoms with Crippen LogP contribution < -0.4 is 10.2 Å². The van der Waals surface area contributed by atoms with Crippen molar-refractivity contribution in [2.24, 2.45) is 0 Å². The van der Waals surface area contributed by atoms with Gasteiger partial charge in [0.1, 0.15) is 5.75 Å². The summed E-state index contributed by atoms with van der Waals surface area (Å²) in [4.78, 5) is 15.3. The molecule has 1 aliphatic rings. The fraction of sp³-hybridized carbons (Fsp3) is 0.174. The fourth-order valence-electron chi connectivity index (χ4n) is 4.15. The van der Waals surface area contributed by atoms with Crippen LogP contribution in [0.25, 0.3) is 27.2 Å². The first-order chi connectivity index (χ1) is 13.2. The summed E-state index contributed by atoms with van der Waals surface area (Å²) >= 11 is 0. The maximum Gasteiger partial charge on any atom is 0.192 e. The van der Waals surface area contributed by atoms with Gasteiger partial charge >= 0.3 is 0 Å². The minimum absolute atomic E-state index is 0.126. The normalized spacial score (nSPS) is 14.4. The van der Waals surface area contributed by atoms with Crippen molar-refractivity contribution in [1.29, 1.82) is 0 Å². The van der Waals surface area contributed by atoms with Crippen molar-refractivity contribution >= 4 is 27.2 Å². The lowest BCUT2D eigenvalue weighted by atomic mass is 10.0. The Hall–Kier alpha value is -3.27. The molecular weight excluding hydrogens is 336 g/mol. The summed E-state index contributed by atoms with van der Waals surface area (Å²) in [6.07, 6.45) is 8.87. The summed E-state index contributed by atoms with van der Waals surface area (Å²) in [5, 5.41) is 3.02. The Bertz CT molecular complexity index is 1300. The monoisotopic (exact) mass is 356 g/mol. The lowest BCUT2D eigenvalue weighted by Gasteiger charge is -2.19. The van der Waals surface area contributed by atoms with Crippen LogP contribution in [0.15, 0.2) is 71.3 Å². The standard InChI is InChI=1S/C23H20N2O2/c1-24-10-4-5-15(13-24)11-16-14-25-21-12-17(27-2)8-9-18(21)19-6-3-7-20(22(19)25)23(16)26/h3-10,12,14H,11,13H2,1-2H3. The fourth-order valence-corrected chi connectivity index (χ4v) is 4.15. The van der Waals surface area contributed by atoms with E-state index in [4.69, 9.17) is 4.74 Å². The molecular formula is C23H20N2O2. The van der Waals surface area contributed by atoms with E-state index in [1.54, 1.807) is 7.11 Å². The Balaban J connectivity index is 1.80. The van der Waals surface area contributed by atoms with Crippen molar-refractivity contribution in [2.75, 3.05) is 20.7 Å². The predicted molar refractivity (Wildman–Crippen MR) is 110 cm³/mol. The van der Waals surface area contributed by atoms with E-state index in [1.165, 1.54) is 5.57 Å². The molecule has 0 amide bonds. The maximum absolute atomic E-state index is 13.2. The number of pyridine rings is 1. The van der Waals surface area contributed by atoms with E-state index in [-0.39, 0.29) is 5.43 Å². The number of aromatic nitrogens is 1. The van der Waals surface area contributed by atoms with Crippen LogP contribution >= 0.6 is 0 Å². The van der Waals surface area contributed by atoms with Gasteiger partial charge in [-0.2, -0.15) is 0 Å². The van der Waals surface area contributed by atoms with Gasteiger partial charge in [0.15, 0.2) is 5.43 Å². The average molecular weight is 356 g/mol. The van der Waals surface area contributed by atoms with Crippen LogP contribution in [0.4, 0.5) is 0 Å². The van der Waals surface area contributed by atoms with Gasteiger partial charge in [-0.05, 0) is 36.0 Å². The van der Waals surface area contributed by atoms with Gasteiger partial charge in [-0.25, -0.2) is 0 Å². The first-order valence-corrected chi connectivity index (χ1v) is 9.08. The summed E-state index contributed by atoms with van der Waals surface area (Å²) in [5.74, 6) is 0.816. The van der Waals surface area contributed by atoms with Crippen LogP contribution in [0.2, 0.25) is 0 Å². The van der Waals surface area contributed by atoms with Crippen LogP contribution in [-0.2, 0) is 6.42 Å². The van der Waals surface area contributed by atoms with E-state index < -0.39 is 0 Å². The molecule has 0 bridgehead atoms. The van der Waals surface area contributed by atoms with Crippen molar-refractivity contribution in [1.82, 2.24) is 9.30 Å². The highest BCUT2D eigenvalue weighted by Crippen LogP contribution is 2.33. The molecule has 0 atom stereocenters. The molecule has 27 heavy (non-hydrogen) atoms. The van der Waals surface area contributed by atoms with Crippen LogP contribution in [-0.4, -0.2) is 30.0 Å². The SMILES string of the molecule is COc1ccc2c3cccc4c(=O)c(CC5=CC=CN(C)C5)cn(c2c1)c43. The Morgan fingerprint density at radius 1 is 1.11 bits per heavy atom. The minimum Gasteiger partial charge on any atom is -0.497 e. The van der Waals surface area contributed by atoms with Gasteiger partial charge in [-0.15, -0.1) is 0 Å². The Morgan fingerprint density at radius 2 is 1.96 bits per heavy atom. The highest BCUT2D eigenvalue weighted by atomic mass is 16.5. The summed E-state index contributed by atoms with van der Waals surface area (Å²) < 4.78 is 7.58. The van der Waals surface area contributed by atoms with Gasteiger partial charge in [-0.3, -0.25) is 4.79 Å². The van der Waals surface area contributed by atoms with Gasteiger partial charge < -0.3 is 14.0 Å². The van der Waals surface area contributed by atoms with Crippen molar-refractivity contribution in [3.05, 3.63) is 82.3 Å². The van der Waals surface area contributed by atoms with Gasteiger partial charge in [-0.1, -0.05) is 18.2 Å². The molecule has 5 rings (SSSR count). The summed E-state index contributed by atoms with van der Waals surface area (Å²) in [5.41, 5.74) is 4.25. The smallest absolute Gasteiger partial charge is 0.192 e. The number of fused-ring (bicyclic) bond motifs is 3. The molecule has 4 heteroatoms. The summed E-state index contributed by atoms with van der Waals surface area (Å²) in [7, 11) is 3.72. The maximum atomic E-state index is 13.2. The Morgan fingerprint density at radius 3 is 2.78 bits per heavy atom. The number of allylic oxidation sites excluding steroid dienone is 2. The van der Waals surface area contributed by atoms with Crippen LogP contribution in [0.5, 0.6) is 5.75 Å². The van der Waals surface area contributed by atoms with Crippen molar-refractivity contribution in [2.45, 2.75) is 6.42 Å². The third-order valence-electron chi connectivity index (χ3n) is 5.40. The molecule has 0 saturated heterocycles. The number of hydrogen-bond donors (Lipinski definition) is 0. The summed E-state index contributed by atoms with van der Waals surface area (Å²) in [6.45, 7) is 0.846. The van der Waals surface area contributed by atoms with Crippen molar-refractivity contribution in [3.63, 3.8) is 0 Å². The number of para-hydroxylation sites is 1. The molecule has 4 aromatic rings. The molecule has 2 aromatic heterocycles. The van der Waals surface area contributed by atoms with Gasteiger partial charge in [0, 0.05) is 54.0 Å². The topological polar surface area (TPSA) is 34.0 Å². The highest BCUT2D eigenvalue weighted by molar-refractivity contribution is 6.14. The molecule has 4 nitrogen and oxygen atoms in total. The zero-order chi connectivity index (χ0) is 18.5. The molecule has 1 aliphatic heterocycles. The lowest BCUT2D eigenvalue weighted by molar-refractivity contribution is 0.415. The number of ether oxygens (including phenoxy) is 1. The molecule has 0 radical (unpaired) electrons. The number of hydrogen-bond acceptors (Lipinski definition) is 3. The Kier molecular flexibility index (Phi) is 3.47. The number of likely N-dealkylation sites (N-methyl/N-ethyl adjacent to an activating group) is 1. The van der Waals surface area contributed by atoms with Gasteiger partial charge in [0.2, 0.25) is 0 Å². The Labute approximate surface area is 156 Å². The molecule has 0 aliphatic carbocycles. The molecule has 0 spiro atoms. The van der Waals surface area contributed by atoms with Crippen molar-refractivity contribution in [3.8, 4) is 5.75 Å². The van der Waals surface area contributed by atoms with E-state index in [0.29, 0.717) is 6.42 Å². The predicted octanol–water partition coefficient (Wildman–Crippen LogP) is 3.98. The largest absolute Gasteiger partial charge is 0.497 e. The molecule has 0 fully saturated rings. The number of rotatable bonds is 3. The second kappa shape index (κ2) is 5.88. The minimum atomic E-state index is 0.126. The molecule has 0 unspecified atom stereocenters. The first-order valence-electron chi connectivity index (χ1n) is 9.08. The number of benzene rings is 2. The van der Waals surface area contributed by atoms with E-state index >= 15 is 0 Å². The van der Waals surface area contributed by atoms with E-state index in [9.17, 15) is 4.79 Å². The first kappa shape index (κ1) is 15.9. The second-order valence-corrected chi connectivity index (χ2v) is 7.20.